The molecule has 0 heterocycles. The minimum Gasteiger partial charge on any atom is -0.493 e. The topological polar surface area (TPSA) is 67.4 Å². The average Bonchev–Trinajstić information content (AvgIpc) is 2.82. The van der Waals surface area contributed by atoms with Crippen LogP contribution in [0.3, 0.4) is 0 Å². The molecule has 0 saturated carbocycles. The van der Waals surface area contributed by atoms with Crippen LogP contribution in [0.2, 0.25) is 10.0 Å². The summed E-state index contributed by atoms with van der Waals surface area (Å²) in [5.41, 5.74) is 2.34. The van der Waals surface area contributed by atoms with Crippen LogP contribution in [0.15, 0.2) is 78.4 Å². The first kappa shape index (κ1) is 24.4. The maximum atomic E-state index is 13.0. The molecule has 3 aromatic rings. The first-order chi connectivity index (χ1) is 16.0. The van der Waals surface area contributed by atoms with Crippen molar-refractivity contribution >= 4 is 41.1 Å². The number of carbonyl (C=O) groups excluding carboxylic acids is 2. The number of nitrogens with one attached hydrogen (secondary N) is 2. The van der Waals surface area contributed by atoms with E-state index < -0.39 is 11.8 Å². The Kier molecular flexibility index (Phi) is 8.93. The van der Waals surface area contributed by atoms with Gasteiger partial charge in [-0.15, -0.1) is 0 Å². The summed E-state index contributed by atoms with van der Waals surface area (Å²) in [5.74, 6) is -0.400. The zero-order valence-corrected chi connectivity index (χ0v) is 19.6. The van der Waals surface area contributed by atoms with Gasteiger partial charge in [0.05, 0.1) is 6.61 Å². The summed E-state index contributed by atoms with van der Waals surface area (Å²) >= 11 is 11.8. The number of rotatable bonds is 9. The highest BCUT2D eigenvalue weighted by Crippen LogP contribution is 2.21. The third-order valence-corrected chi connectivity index (χ3v) is 5.24. The zero-order valence-electron chi connectivity index (χ0n) is 18.1. The normalized spacial score (nSPS) is 10.3. The van der Waals surface area contributed by atoms with Crippen molar-refractivity contribution in [1.29, 1.82) is 0 Å². The summed E-state index contributed by atoms with van der Waals surface area (Å²) < 4.78 is 5.65. The second kappa shape index (κ2) is 12.1. The van der Waals surface area contributed by atoms with Gasteiger partial charge >= 0.3 is 0 Å². The predicted molar refractivity (Wildman–Crippen MR) is 132 cm³/mol. The number of hydrogen-bond donors (Lipinski definition) is 2. The highest BCUT2D eigenvalue weighted by Gasteiger charge is 2.19. The number of halogens is 2. The van der Waals surface area contributed by atoms with Gasteiger partial charge in [0.25, 0.3) is 11.8 Å². The van der Waals surface area contributed by atoms with Crippen LogP contribution >= 0.6 is 23.2 Å². The van der Waals surface area contributed by atoms with Crippen LogP contribution in [-0.2, 0) is 22.7 Å². The summed E-state index contributed by atoms with van der Waals surface area (Å²) in [6.07, 6.45) is 1.54. The fourth-order valence-corrected chi connectivity index (χ4v) is 3.29. The second-order valence-electron chi connectivity index (χ2n) is 7.15. The molecular formula is C26H24Cl2N2O3. The molecule has 2 amide bonds. The molecule has 0 fully saturated rings. The van der Waals surface area contributed by atoms with Crippen LogP contribution in [0, 0.1) is 0 Å². The van der Waals surface area contributed by atoms with Crippen LogP contribution in [0.5, 0.6) is 5.75 Å². The molecule has 7 heteroatoms. The Morgan fingerprint density at radius 3 is 1.76 bits per heavy atom. The van der Waals surface area contributed by atoms with E-state index >= 15 is 0 Å². The maximum Gasteiger partial charge on any atom is 0.257 e. The van der Waals surface area contributed by atoms with E-state index in [4.69, 9.17) is 27.9 Å². The number of carbonyl (C=O) groups is 2. The SMILES string of the molecule is CCOc1ccccc1C=C(C(=O)NCc1ccc(Cl)cc1)C(=O)NCc1ccc(Cl)cc1. The molecule has 2 N–H and O–H groups in total. The van der Waals surface area contributed by atoms with Crippen molar-refractivity contribution in [2.45, 2.75) is 20.0 Å². The molecule has 170 valence electrons. The third kappa shape index (κ3) is 7.38. The molecule has 0 aliphatic carbocycles. The Hall–Kier alpha value is -3.28. The smallest absolute Gasteiger partial charge is 0.257 e. The van der Waals surface area contributed by atoms with Crippen molar-refractivity contribution in [3.63, 3.8) is 0 Å². The third-order valence-electron chi connectivity index (χ3n) is 4.74. The van der Waals surface area contributed by atoms with Crippen molar-refractivity contribution in [2.24, 2.45) is 0 Å². The lowest BCUT2D eigenvalue weighted by atomic mass is 10.1. The maximum absolute atomic E-state index is 13.0. The standard InChI is InChI=1S/C26H24Cl2N2O3/c1-2-33-24-6-4-3-5-20(24)15-23(25(31)29-16-18-7-11-21(27)12-8-18)26(32)30-17-19-9-13-22(28)14-10-19/h3-15H,2,16-17H2,1H3,(H,29,31)(H,30,32). The lowest BCUT2D eigenvalue weighted by molar-refractivity contribution is -0.123. The van der Waals surface area contributed by atoms with E-state index in [2.05, 4.69) is 10.6 Å². The van der Waals surface area contributed by atoms with Crippen LogP contribution in [0.25, 0.3) is 6.08 Å². The first-order valence-corrected chi connectivity index (χ1v) is 11.2. The van der Waals surface area contributed by atoms with Gasteiger partial charge in [-0.1, -0.05) is 65.7 Å². The van der Waals surface area contributed by atoms with E-state index in [0.29, 0.717) is 28.0 Å². The van der Waals surface area contributed by atoms with Crippen LogP contribution < -0.4 is 15.4 Å². The molecule has 0 aromatic heterocycles. The van der Waals surface area contributed by atoms with E-state index in [1.165, 1.54) is 0 Å². The van der Waals surface area contributed by atoms with Crippen molar-refractivity contribution in [3.05, 3.63) is 105 Å². The van der Waals surface area contributed by atoms with Crippen LogP contribution in [0.4, 0.5) is 0 Å². The highest BCUT2D eigenvalue weighted by molar-refractivity contribution is 6.30. The monoisotopic (exact) mass is 482 g/mol. The Morgan fingerprint density at radius 1 is 0.788 bits per heavy atom. The van der Waals surface area contributed by atoms with E-state index in [0.717, 1.165) is 11.1 Å². The summed E-state index contributed by atoms with van der Waals surface area (Å²) in [6, 6.07) is 21.5. The average molecular weight is 483 g/mol. The Bertz CT molecular complexity index is 1060. The molecular weight excluding hydrogens is 459 g/mol. The molecule has 0 saturated heterocycles. The van der Waals surface area contributed by atoms with Gasteiger partial charge in [0, 0.05) is 28.7 Å². The summed E-state index contributed by atoms with van der Waals surface area (Å²) in [7, 11) is 0. The lowest BCUT2D eigenvalue weighted by Gasteiger charge is -2.12. The predicted octanol–water partition coefficient (Wildman–Crippen LogP) is 5.41. The van der Waals surface area contributed by atoms with Crippen molar-refractivity contribution in [2.75, 3.05) is 6.61 Å². The van der Waals surface area contributed by atoms with Gasteiger partial charge < -0.3 is 15.4 Å². The summed E-state index contributed by atoms with van der Waals surface area (Å²) in [5, 5.41) is 6.84. The molecule has 0 bridgehead atoms. The van der Waals surface area contributed by atoms with Crippen LogP contribution in [-0.4, -0.2) is 18.4 Å². The molecule has 0 atom stereocenters. The molecule has 0 radical (unpaired) electrons. The van der Waals surface area contributed by atoms with Gasteiger partial charge in [0.15, 0.2) is 0 Å². The number of para-hydroxylation sites is 1. The second-order valence-corrected chi connectivity index (χ2v) is 8.02. The largest absolute Gasteiger partial charge is 0.493 e. The van der Waals surface area contributed by atoms with Crippen LogP contribution in [0.1, 0.15) is 23.6 Å². The van der Waals surface area contributed by atoms with Gasteiger partial charge in [0.2, 0.25) is 0 Å². The van der Waals surface area contributed by atoms with E-state index in [-0.39, 0.29) is 18.7 Å². The minimum absolute atomic E-state index is 0.0231. The van der Waals surface area contributed by atoms with Crippen molar-refractivity contribution in [1.82, 2.24) is 10.6 Å². The molecule has 0 unspecified atom stereocenters. The summed E-state index contributed by atoms with van der Waals surface area (Å²) in [6.45, 7) is 2.85. The number of ether oxygens (including phenoxy) is 1. The number of amides is 2. The zero-order chi connectivity index (χ0) is 23.6. The van der Waals surface area contributed by atoms with Gasteiger partial charge in [0.1, 0.15) is 11.3 Å². The molecule has 0 aliphatic heterocycles. The molecule has 3 rings (SSSR count). The molecule has 5 nitrogen and oxygen atoms in total. The highest BCUT2D eigenvalue weighted by atomic mass is 35.5. The lowest BCUT2D eigenvalue weighted by Crippen LogP contribution is -2.34. The van der Waals surface area contributed by atoms with Gasteiger partial charge in [-0.3, -0.25) is 9.59 Å². The fourth-order valence-electron chi connectivity index (χ4n) is 3.04. The first-order valence-electron chi connectivity index (χ1n) is 10.4. The molecule has 0 spiro atoms. The Labute approximate surface area is 203 Å². The van der Waals surface area contributed by atoms with Crippen molar-refractivity contribution in [3.8, 4) is 5.75 Å². The van der Waals surface area contributed by atoms with Gasteiger partial charge in [-0.25, -0.2) is 0 Å². The number of benzene rings is 3. The molecule has 33 heavy (non-hydrogen) atoms. The summed E-state index contributed by atoms with van der Waals surface area (Å²) in [4.78, 5) is 26.1. The Morgan fingerprint density at radius 2 is 1.27 bits per heavy atom. The van der Waals surface area contributed by atoms with E-state index in [1.807, 2.05) is 43.3 Å². The van der Waals surface area contributed by atoms with E-state index in [1.54, 1.807) is 42.5 Å². The van der Waals surface area contributed by atoms with Gasteiger partial charge in [-0.05, 0) is 54.5 Å². The fraction of sp³-hybridized carbons (Fsp3) is 0.154. The van der Waals surface area contributed by atoms with Gasteiger partial charge in [-0.2, -0.15) is 0 Å². The quantitative estimate of drug-likeness (QED) is 0.243. The minimum atomic E-state index is -0.496. The number of hydrogen-bond acceptors (Lipinski definition) is 3. The Balaban J connectivity index is 1.81. The van der Waals surface area contributed by atoms with Crippen molar-refractivity contribution < 1.29 is 14.3 Å². The molecule has 3 aromatic carbocycles. The van der Waals surface area contributed by atoms with E-state index in [9.17, 15) is 9.59 Å². The molecule has 0 aliphatic rings.